The van der Waals surface area contributed by atoms with Crippen molar-refractivity contribution in [3.05, 3.63) is 41.8 Å². The SMILES string of the molecule is C=C[C@@H]1C[C@]1(CC(=O)[C@@H]1C[C@@H]2CN1C(=O)[C@H](C(C)C)CC(=O)OCCCCCc1cc3c(cc(-c4csc(NC(C)C)n4)nc3cc1OC)O2)C(C)=O. The Morgan fingerprint density at radius 3 is 2.60 bits per heavy atom. The largest absolute Gasteiger partial charge is 0.496 e. The molecule has 1 saturated heterocycles. The highest BCUT2D eigenvalue weighted by Gasteiger charge is 2.58. The normalized spacial score (nSPS) is 25.2. The molecule has 2 aliphatic heterocycles. The second-order valence-electron chi connectivity index (χ2n) is 15.5. The van der Waals surface area contributed by atoms with Crippen molar-refractivity contribution in [1.29, 1.82) is 0 Å². The number of hydrogen-bond acceptors (Lipinski definition) is 11. The van der Waals surface area contributed by atoms with E-state index in [0.29, 0.717) is 35.5 Å². The first-order chi connectivity index (χ1) is 25.3. The van der Waals surface area contributed by atoms with Crippen molar-refractivity contribution in [2.24, 2.45) is 23.2 Å². The monoisotopic (exact) mass is 744 g/mol. The van der Waals surface area contributed by atoms with Crippen LogP contribution in [-0.2, 0) is 30.3 Å². The van der Waals surface area contributed by atoms with Gasteiger partial charge in [0.15, 0.2) is 10.9 Å². The fraction of sp³-hybridized carbons (Fsp3) is 0.561. The van der Waals surface area contributed by atoms with Crippen LogP contribution in [0.4, 0.5) is 5.13 Å². The topological polar surface area (TPSA) is 137 Å². The lowest BCUT2D eigenvalue weighted by Crippen LogP contribution is -2.46. The number of nitrogens with one attached hydrogen (secondary N) is 1. The summed E-state index contributed by atoms with van der Waals surface area (Å²) in [6.07, 6.45) is 5.09. The van der Waals surface area contributed by atoms with E-state index >= 15 is 0 Å². The number of aryl methyl sites for hydroxylation is 1. The second-order valence-corrected chi connectivity index (χ2v) is 16.4. The molecule has 5 atom stereocenters. The summed E-state index contributed by atoms with van der Waals surface area (Å²) in [5.41, 5.74) is 2.21. The van der Waals surface area contributed by atoms with E-state index < -0.39 is 29.4 Å². The van der Waals surface area contributed by atoms with Gasteiger partial charge < -0.3 is 24.4 Å². The number of Topliss-reactive ketones (excluding diaryl/α,β-unsaturated/α-hetero) is 2. The number of thiazole rings is 1. The van der Waals surface area contributed by atoms with Gasteiger partial charge in [-0.25, -0.2) is 9.97 Å². The van der Waals surface area contributed by atoms with Crippen LogP contribution in [-0.4, -0.2) is 76.8 Å². The number of allylic oxidation sites excluding steroid dienone is 1. The fourth-order valence-corrected chi connectivity index (χ4v) is 8.69. The molecule has 284 valence electrons. The Balaban J connectivity index is 1.42. The number of amides is 1. The molecule has 2 aromatic heterocycles. The lowest BCUT2D eigenvalue weighted by Gasteiger charge is -2.30. The van der Waals surface area contributed by atoms with Crippen molar-refractivity contribution in [3.63, 3.8) is 0 Å². The second kappa shape index (κ2) is 16.0. The van der Waals surface area contributed by atoms with Crippen molar-refractivity contribution in [3.8, 4) is 22.9 Å². The van der Waals surface area contributed by atoms with E-state index in [1.54, 1.807) is 18.1 Å². The molecular formula is C41H52N4O7S. The fourth-order valence-electron chi connectivity index (χ4n) is 7.84. The third kappa shape index (κ3) is 8.27. The van der Waals surface area contributed by atoms with Crippen LogP contribution < -0.4 is 14.8 Å². The average molecular weight is 745 g/mol. The van der Waals surface area contributed by atoms with Crippen LogP contribution in [0.3, 0.4) is 0 Å². The van der Waals surface area contributed by atoms with Gasteiger partial charge >= 0.3 is 5.97 Å². The first-order valence-corrected chi connectivity index (χ1v) is 19.7. The van der Waals surface area contributed by atoms with Crippen LogP contribution in [0.5, 0.6) is 11.5 Å². The van der Waals surface area contributed by atoms with Gasteiger partial charge in [0.25, 0.3) is 0 Å². The molecule has 11 nitrogen and oxygen atoms in total. The van der Waals surface area contributed by atoms with Crippen LogP contribution in [0.25, 0.3) is 22.3 Å². The molecule has 6 rings (SSSR count). The summed E-state index contributed by atoms with van der Waals surface area (Å²) in [4.78, 5) is 66.0. The van der Waals surface area contributed by atoms with E-state index in [9.17, 15) is 19.2 Å². The van der Waals surface area contributed by atoms with Crippen molar-refractivity contribution in [1.82, 2.24) is 14.9 Å². The number of ether oxygens (including phenoxy) is 3. The zero-order chi connectivity index (χ0) is 38.0. The predicted octanol–water partition coefficient (Wildman–Crippen LogP) is 7.21. The number of pyridine rings is 1. The quantitative estimate of drug-likeness (QED) is 0.168. The maximum atomic E-state index is 14.4. The molecule has 1 aromatic carbocycles. The Kier molecular flexibility index (Phi) is 11.6. The van der Waals surface area contributed by atoms with E-state index in [1.807, 2.05) is 31.4 Å². The average Bonchev–Trinajstić information content (AvgIpc) is 3.39. The van der Waals surface area contributed by atoms with E-state index in [4.69, 9.17) is 24.2 Å². The number of aromatic nitrogens is 2. The number of rotatable bonds is 10. The molecule has 4 bridgehead atoms. The highest BCUT2D eigenvalue weighted by atomic mass is 32.1. The number of anilines is 1. The molecule has 3 aliphatic rings. The van der Waals surface area contributed by atoms with Gasteiger partial charge in [0.1, 0.15) is 29.1 Å². The van der Waals surface area contributed by atoms with Crippen molar-refractivity contribution < 1.29 is 33.4 Å². The van der Waals surface area contributed by atoms with Crippen LogP contribution in [0.15, 0.2) is 36.2 Å². The van der Waals surface area contributed by atoms with Crippen molar-refractivity contribution in [2.45, 2.75) is 104 Å². The lowest BCUT2D eigenvalue weighted by molar-refractivity contribution is -0.151. The Bertz CT molecular complexity index is 1890. The molecule has 4 heterocycles. The maximum Gasteiger partial charge on any atom is 0.306 e. The molecule has 1 N–H and O–H groups in total. The Morgan fingerprint density at radius 2 is 1.92 bits per heavy atom. The highest BCUT2D eigenvalue weighted by molar-refractivity contribution is 7.14. The number of esters is 1. The van der Waals surface area contributed by atoms with Crippen LogP contribution in [0, 0.1) is 23.2 Å². The van der Waals surface area contributed by atoms with Gasteiger partial charge in [-0.15, -0.1) is 17.9 Å². The minimum absolute atomic E-state index is 0.0244. The molecule has 1 amide bonds. The summed E-state index contributed by atoms with van der Waals surface area (Å²) in [7, 11) is 1.65. The molecule has 0 spiro atoms. The molecule has 1 aliphatic carbocycles. The van der Waals surface area contributed by atoms with E-state index in [1.165, 1.54) is 18.3 Å². The van der Waals surface area contributed by atoms with Gasteiger partial charge in [-0.05, 0) is 76.3 Å². The number of cyclic esters (lactones) is 1. The third-order valence-corrected chi connectivity index (χ3v) is 11.8. The summed E-state index contributed by atoms with van der Waals surface area (Å²) < 4.78 is 18.3. The van der Waals surface area contributed by atoms with Gasteiger partial charge in [-0.1, -0.05) is 19.9 Å². The highest BCUT2D eigenvalue weighted by Crippen LogP contribution is 2.57. The molecule has 0 unspecified atom stereocenters. The maximum absolute atomic E-state index is 14.4. The van der Waals surface area contributed by atoms with Crippen LogP contribution in [0.1, 0.15) is 85.1 Å². The molecule has 0 radical (unpaired) electrons. The van der Waals surface area contributed by atoms with Gasteiger partial charge in [0.05, 0.1) is 49.9 Å². The van der Waals surface area contributed by atoms with Crippen LogP contribution >= 0.6 is 11.3 Å². The molecule has 2 fully saturated rings. The zero-order valence-electron chi connectivity index (χ0n) is 31.7. The summed E-state index contributed by atoms with van der Waals surface area (Å²) in [6, 6.07) is 5.28. The number of nitrogens with zero attached hydrogens (tertiary/aromatic N) is 3. The number of carbonyl (C=O) groups excluding carboxylic acids is 4. The molecule has 53 heavy (non-hydrogen) atoms. The van der Waals surface area contributed by atoms with Crippen LogP contribution in [0.2, 0.25) is 0 Å². The summed E-state index contributed by atoms with van der Waals surface area (Å²) in [5, 5.41) is 6.90. The number of methoxy groups -OCH3 is 1. The summed E-state index contributed by atoms with van der Waals surface area (Å²) in [6.45, 7) is 13.8. The number of fused-ring (bicyclic) bond motifs is 3. The van der Waals surface area contributed by atoms with E-state index in [2.05, 4.69) is 31.8 Å². The minimum atomic E-state index is -0.819. The molecule has 3 aromatic rings. The van der Waals surface area contributed by atoms with Gasteiger partial charge in [0, 0.05) is 47.2 Å². The standard InChI is InChI=1S/C41H52N4O7S/c1-8-27-19-41(27,25(6)46)20-35(47)34-15-28-21-45(34)39(49)29(23(2)3)16-38(48)51-13-11-9-10-12-26-14-30-31(17-36(26)50-7)43-32(18-37(30)52-28)33-22-53-40(44-33)42-24(4)5/h8,14,17-18,22-24,27-29,34H,1,9-13,15-16,19-21H2,2-7H3,(H,42,44)/t27-,28-,29+,34+,41+/m1/s1. The molecule has 12 heteroatoms. The molecule has 1 saturated carbocycles. The zero-order valence-corrected chi connectivity index (χ0v) is 32.6. The van der Waals surface area contributed by atoms with E-state index in [-0.39, 0.29) is 67.8 Å². The first kappa shape index (κ1) is 38.4. The third-order valence-electron chi connectivity index (χ3n) is 11.0. The molecular weight excluding hydrogens is 693 g/mol. The summed E-state index contributed by atoms with van der Waals surface area (Å²) in [5.74, 6) is -0.574. The number of hydrogen-bond donors (Lipinski definition) is 1. The lowest BCUT2D eigenvalue weighted by atomic mass is 9.88. The minimum Gasteiger partial charge on any atom is -0.496 e. The Hall–Kier alpha value is -4.32. The van der Waals surface area contributed by atoms with E-state index in [0.717, 1.165) is 41.1 Å². The van der Waals surface area contributed by atoms with Gasteiger partial charge in [-0.3, -0.25) is 19.2 Å². The smallest absolute Gasteiger partial charge is 0.306 e. The number of carbonyl (C=O) groups is 4. The number of benzene rings is 1. The predicted molar refractivity (Wildman–Crippen MR) is 205 cm³/mol. The Labute approximate surface area is 315 Å². The van der Waals surface area contributed by atoms with Gasteiger partial charge in [-0.2, -0.15) is 0 Å². The summed E-state index contributed by atoms with van der Waals surface area (Å²) >= 11 is 1.50. The first-order valence-electron chi connectivity index (χ1n) is 18.9. The van der Waals surface area contributed by atoms with Crippen molar-refractivity contribution in [2.75, 3.05) is 25.6 Å². The number of ketones is 2. The Morgan fingerprint density at radius 1 is 1.13 bits per heavy atom. The van der Waals surface area contributed by atoms with Gasteiger partial charge in [0.2, 0.25) is 5.91 Å². The van der Waals surface area contributed by atoms with Crippen molar-refractivity contribution >= 4 is 50.8 Å².